The van der Waals surface area contributed by atoms with Crippen LogP contribution < -0.4 is 32.4 Å². The second kappa shape index (κ2) is 16.8. The van der Waals surface area contributed by atoms with Crippen molar-refractivity contribution in [3.05, 3.63) is 88.7 Å². The lowest BCUT2D eigenvalue weighted by Crippen LogP contribution is -2.50. The number of fused-ring (bicyclic) bond motifs is 8. The predicted molar refractivity (Wildman–Crippen MR) is 217 cm³/mol. The molecule has 8 bridgehead atoms. The minimum Gasteiger partial charge on any atom is -0.481 e. The Labute approximate surface area is 324 Å². The van der Waals surface area contributed by atoms with Gasteiger partial charge in [0, 0.05) is 57.5 Å². The molecule has 0 spiro atoms. The van der Waals surface area contributed by atoms with Gasteiger partial charge in [0.25, 0.3) is 0 Å². The number of aliphatic carboxylic acids is 2. The van der Waals surface area contributed by atoms with Crippen molar-refractivity contribution in [3.63, 3.8) is 0 Å². The van der Waals surface area contributed by atoms with Gasteiger partial charge in [-0.25, -0.2) is 0 Å². The number of carboxylic acids is 2. The van der Waals surface area contributed by atoms with Crippen LogP contribution in [-0.4, -0.2) is 77.4 Å². The second-order valence-corrected chi connectivity index (χ2v) is 14.6. The Bertz CT molecular complexity index is 2400. The number of amides is 1. The van der Waals surface area contributed by atoms with Crippen molar-refractivity contribution in [1.29, 1.82) is 0 Å². The molecule has 0 aromatic carbocycles. The third-order valence-electron chi connectivity index (χ3n) is 10.6. The minimum atomic E-state index is -1.00. The molecule has 0 radical (unpaired) electrons. The Hall–Kier alpha value is -4.66. The van der Waals surface area contributed by atoms with Gasteiger partial charge in [-0.05, 0) is 116 Å². The van der Waals surface area contributed by atoms with E-state index in [0.717, 1.165) is 77.6 Å². The highest BCUT2D eigenvalue weighted by Gasteiger charge is 2.30. The summed E-state index contributed by atoms with van der Waals surface area (Å²) >= 11 is 8.67. The Morgan fingerprint density at radius 3 is 1.83 bits per heavy atom. The topological polar surface area (TPSA) is 210 Å². The zero-order chi connectivity index (χ0) is 39.6. The van der Waals surface area contributed by atoms with Crippen LogP contribution in [-0.2, 0) is 44.9 Å². The Morgan fingerprint density at radius 2 is 1.24 bits per heavy atom. The lowest BCUT2D eigenvalue weighted by atomic mass is 9.95. The summed E-state index contributed by atoms with van der Waals surface area (Å²) in [7, 11) is 0. The van der Waals surface area contributed by atoms with Crippen molar-refractivity contribution in [1.82, 2.24) is 25.3 Å². The number of H-pyrrole nitrogens is 4. The molecule has 9 N–H and O–H groups in total. The number of carbonyl (C=O) groups is 4. The lowest BCUT2D eigenvalue weighted by Gasteiger charge is -2.19. The normalized spacial score (nSPS) is 13.5. The van der Waals surface area contributed by atoms with E-state index in [2.05, 4.69) is 50.5 Å². The zero-order valence-electron chi connectivity index (χ0n) is 31.5. The first-order chi connectivity index (χ1) is 25.6. The molecule has 0 saturated carbocycles. The molecule has 0 fully saturated rings. The van der Waals surface area contributed by atoms with Crippen molar-refractivity contribution in [2.24, 2.45) is 5.73 Å². The fraction of sp³-hybridized carbons (Fsp3) is 0.400. The Kier molecular flexibility index (Phi) is 12.6. The number of carboxylic acid groups (broad SMARTS) is 2. The van der Waals surface area contributed by atoms with E-state index in [0.29, 0.717) is 29.5 Å². The molecule has 1 amide bonds. The van der Waals surface area contributed by atoms with Crippen LogP contribution in [0.2, 0.25) is 0 Å². The van der Waals surface area contributed by atoms with Gasteiger partial charge in [-0.3, -0.25) is 19.2 Å². The second-order valence-electron chi connectivity index (χ2n) is 13.8. The highest BCUT2D eigenvalue weighted by Crippen LogP contribution is 2.27. The molecular formula is C40H50N6O6S2. The maximum absolute atomic E-state index is 14.9. The van der Waals surface area contributed by atoms with Gasteiger partial charge in [-0.2, -0.15) is 25.3 Å². The van der Waals surface area contributed by atoms with E-state index < -0.39 is 29.9 Å². The average Bonchev–Trinajstić information content (AvgIpc) is 3.81. The van der Waals surface area contributed by atoms with Gasteiger partial charge < -0.3 is 41.2 Å². The molecular weight excluding hydrogens is 725 g/mol. The first-order valence-electron chi connectivity index (χ1n) is 18.2. The van der Waals surface area contributed by atoms with Crippen LogP contribution in [0.5, 0.6) is 0 Å². The number of Topliss-reactive ketones (excluding diaryl/α,β-unsaturated/α-hetero) is 1. The third-order valence-corrected chi connectivity index (χ3v) is 11.3. The van der Waals surface area contributed by atoms with Crippen molar-refractivity contribution >= 4 is 72.7 Å². The number of nitrogens with two attached hydrogens (primary N) is 1. The number of rotatable bonds is 14. The first kappa shape index (κ1) is 40.5. The van der Waals surface area contributed by atoms with E-state index in [1.807, 2.05) is 59.8 Å². The maximum atomic E-state index is 14.9. The van der Waals surface area contributed by atoms with Crippen LogP contribution in [0.1, 0.15) is 94.0 Å². The molecule has 2 atom stereocenters. The van der Waals surface area contributed by atoms with Crippen LogP contribution in [0.3, 0.4) is 0 Å². The van der Waals surface area contributed by atoms with Gasteiger partial charge in [0.2, 0.25) is 5.91 Å². The third kappa shape index (κ3) is 7.91. The number of nitrogens with one attached hydrogen (secondary N) is 5. The summed E-state index contributed by atoms with van der Waals surface area (Å²) in [6, 6.07) is -1.91. The van der Waals surface area contributed by atoms with Gasteiger partial charge in [-0.1, -0.05) is 13.8 Å². The first-order valence-corrected chi connectivity index (χ1v) is 19.4. The van der Waals surface area contributed by atoms with E-state index >= 15 is 0 Å². The quantitative estimate of drug-likeness (QED) is 0.0856. The molecule has 54 heavy (non-hydrogen) atoms. The molecule has 4 aromatic rings. The van der Waals surface area contributed by atoms with E-state index in [1.165, 1.54) is 0 Å². The lowest BCUT2D eigenvalue weighted by molar-refractivity contribution is -0.138. The summed E-state index contributed by atoms with van der Waals surface area (Å²) in [6.45, 7) is 11.9. The fourth-order valence-electron chi connectivity index (χ4n) is 7.47. The summed E-state index contributed by atoms with van der Waals surface area (Å²) in [5.74, 6) is -2.55. The smallest absolute Gasteiger partial charge is 0.303 e. The average molecular weight is 775 g/mol. The zero-order valence-corrected chi connectivity index (χ0v) is 33.3. The van der Waals surface area contributed by atoms with E-state index in [9.17, 15) is 29.4 Å². The maximum Gasteiger partial charge on any atom is 0.303 e. The highest BCUT2D eigenvalue weighted by atomic mass is 32.1. The monoisotopic (exact) mass is 774 g/mol. The minimum absolute atomic E-state index is 0.0243. The summed E-state index contributed by atoms with van der Waals surface area (Å²) in [4.78, 5) is 65.6. The molecule has 14 heteroatoms. The van der Waals surface area contributed by atoms with E-state index in [1.54, 1.807) is 0 Å². The molecule has 4 aromatic heterocycles. The van der Waals surface area contributed by atoms with Crippen molar-refractivity contribution in [3.8, 4) is 0 Å². The molecule has 1 aliphatic heterocycles. The largest absolute Gasteiger partial charge is 0.481 e. The Morgan fingerprint density at radius 1 is 0.685 bits per heavy atom. The summed E-state index contributed by atoms with van der Waals surface area (Å²) < 4.78 is 0. The van der Waals surface area contributed by atoms with Gasteiger partial charge in [0.1, 0.15) is 6.04 Å². The molecule has 0 aliphatic carbocycles. The van der Waals surface area contributed by atoms with Crippen molar-refractivity contribution in [2.75, 3.05) is 11.5 Å². The fourth-order valence-corrected chi connectivity index (χ4v) is 7.90. The summed E-state index contributed by atoms with van der Waals surface area (Å²) in [6.07, 6.45) is 7.55. The van der Waals surface area contributed by atoms with Gasteiger partial charge in [0.05, 0.1) is 22.7 Å². The summed E-state index contributed by atoms with van der Waals surface area (Å²) in [5.41, 5.74) is 16.4. The molecule has 1 aliphatic rings. The van der Waals surface area contributed by atoms with Gasteiger partial charge >= 0.3 is 11.9 Å². The van der Waals surface area contributed by atoms with Gasteiger partial charge in [-0.15, -0.1) is 0 Å². The number of carbonyl (C=O) groups excluding carboxylic acids is 2. The molecule has 12 nitrogen and oxygen atoms in total. The van der Waals surface area contributed by atoms with E-state index in [-0.39, 0.29) is 43.0 Å². The van der Waals surface area contributed by atoms with Crippen LogP contribution >= 0.6 is 25.3 Å². The van der Waals surface area contributed by atoms with Crippen molar-refractivity contribution < 1.29 is 29.4 Å². The number of hydrogen-bond donors (Lipinski definition) is 10. The van der Waals surface area contributed by atoms with E-state index in [4.69, 9.17) is 5.73 Å². The highest BCUT2D eigenvalue weighted by molar-refractivity contribution is 7.80. The molecule has 0 saturated heterocycles. The molecule has 288 valence electrons. The molecule has 5 heterocycles. The number of ketones is 1. The van der Waals surface area contributed by atoms with Crippen LogP contribution in [0, 0.1) is 27.7 Å². The molecule has 5 rings (SSSR count). The number of hydrogen-bond acceptors (Lipinski definition) is 7. The van der Waals surface area contributed by atoms with Gasteiger partial charge in [0.15, 0.2) is 5.78 Å². The van der Waals surface area contributed by atoms with Crippen LogP contribution in [0.4, 0.5) is 0 Å². The summed E-state index contributed by atoms with van der Waals surface area (Å²) in [5, 5.41) is 24.9. The van der Waals surface area contributed by atoms with Crippen LogP contribution in [0.15, 0.2) is 0 Å². The number of thiol groups is 2. The van der Waals surface area contributed by atoms with Crippen LogP contribution in [0.25, 0.3) is 23.8 Å². The molecule has 0 unspecified atom stereocenters. The van der Waals surface area contributed by atoms with Crippen molar-refractivity contribution in [2.45, 2.75) is 92.2 Å². The standard InChI is InChI=1S/C40H50N6O6S2/c1-7-22-21(6)37-36(39(51)33(17-54)46-40(52)26(41)16-53)38-23(8-2)18(3)29(44-38)13-27-19(4)24(9-11-34(47)48)31(42-27)15-32-25(10-12-35(49)50)20(5)28(43-32)14-30(22)45-37/h13-15,26,33,42-45,53-54H,7-12,16-17,41H2,1-6H3,(H,46,52)(H,47,48)(H,49,50)/t26-,33-/m0/s1. The Balaban J connectivity index is 1.96. The SMILES string of the molecule is CCc1c2[nH]c(c1C)C(C(=O)[C@H](CS)NC(=O)[C@@H](N)CS)=c1[nH]c(c(C)c1CC)=Cc1[nH]c(c(CCC(=O)O)c1C)C=c1[nH]c(c(C)c1CCC(=O)O)=C2. The number of aromatic nitrogens is 4. The number of aromatic amines is 4. The predicted octanol–water partition coefficient (Wildman–Crippen LogP) is 1.63.